The molecule has 0 aliphatic heterocycles. The number of hydrogen-bond donors (Lipinski definition) is 1. The van der Waals surface area contributed by atoms with E-state index in [1.165, 1.54) is 0 Å². The molecule has 0 radical (unpaired) electrons. The highest BCUT2D eigenvalue weighted by Crippen LogP contribution is 1.92. The molecule has 0 aliphatic rings. The van der Waals surface area contributed by atoms with Crippen LogP contribution in [0.1, 0.15) is 11.1 Å². The number of rotatable bonds is 0. The average Bonchev–Trinajstić information content (AvgIpc) is 1.94. The monoisotopic (exact) mass is 133 g/mol. The van der Waals surface area contributed by atoms with E-state index in [1.54, 1.807) is 12.3 Å². The number of pyridine rings is 1. The fourth-order valence-corrected chi connectivity index (χ4v) is 0.699. The van der Waals surface area contributed by atoms with Gasteiger partial charge in [-0.2, -0.15) is 0 Å². The lowest BCUT2D eigenvalue weighted by molar-refractivity contribution is 1.18. The Kier molecular flexibility index (Phi) is 1.59. The molecule has 10 heavy (non-hydrogen) atoms. The lowest BCUT2D eigenvalue weighted by Gasteiger charge is -1.90. The molecule has 1 rings (SSSR count). The third-order valence-corrected chi connectivity index (χ3v) is 1.20. The fraction of sp³-hybridized carbons (Fsp3) is 0.125. The molecule has 0 atom stereocenters. The van der Waals surface area contributed by atoms with Gasteiger partial charge < -0.3 is 4.98 Å². The van der Waals surface area contributed by atoms with Gasteiger partial charge in [-0.25, -0.2) is 0 Å². The largest absolute Gasteiger partial charge is 0.328 e. The number of hydrogen-bond acceptors (Lipinski definition) is 1. The highest BCUT2D eigenvalue weighted by atomic mass is 16.1. The van der Waals surface area contributed by atoms with E-state index in [0.717, 1.165) is 5.56 Å². The highest BCUT2D eigenvalue weighted by Gasteiger charge is 1.92. The number of terminal acetylenes is 1. The molecule has 0 spiro atoms. The Morgan fingerprint density at radius 1 is 1.70 bits per heavy atom. The van der Waals surface area contributed by atoms with Crippen molar-refractivity contribution >= 4 is 0 Å². The zero-order chi connectivity index (χ0) is 7.56. The first-order valence-corrected chi connectivity index (χ1v) is 2.90. The second-order valence-electron chi connectivity index (χ2n) is 2.06. The van der Waals surface area contributed by atoms with Gasteiger partial charge in [0.25, 0.3) is 5.56 Å². The Morgan fingerprint density at radius 2 is 2.40 bits per heavy atom. The summed E-state index contributed by atoms with van der Waals surface area (Å²) in [6, 6.07) is 1.68. The van der Waals surface area contributed by atoms with E-state index in [2.05, 4.69) is 10.9 Å². The summed E-state index contributed by atoms with van der Waals surface area (Å²) in [6.07, 6.45) is 6.68. The van der Waals surface area contributed by atoms with Crippen LogP contribution in [0.4, 0.5) is 0 Å². The first kappa shape index (κ1) is 6.63. The minimum Gasteiger partial charge on any atom is -0.328 e. The van der Waals surface area contributed by atoms with Gasteiger partial charge in [-0.3, -0.25) is 4.79 Å². The predicted molar refractivity (Wildman–Crippen MR) is 39.7 cm³/mol. The summed E-state index contributed by atoms with van der Waals surface area (Å²) in [5, 5.41) is 0. The van der Waals surface area contributed by atoms with E-state index < -0.39 is 0 Å². The molecule has 0 fully saturated rings. The van der Waals surface area contributed by atoms with Crippen molar-refractivity contribution in [3.63, 3.8) is 0 Å². The second-order valence-corrected chi connectivity index (χ2v) is 2.06. The fourth-order valence-electron chi connectivity index (χ4n) is 0.699. The number of H-pyrrole nitrogens is 1. The first-order chi connectivity index (χ1) is 4.74. The maximum Gasteiger partial charge on any atom is 0.263 e. The average molecular weight is 133 g/mol. The van der Waals surface area contributed by atoms with E-state index in [0.29, 0.717) is 5.56 Å². The molecule has 0 bridgehead atoms. The second kappa shape index (κ2) is 2.40. The Balaban J connectivity index is 3.40. The summed E-state index contributed by atoms with van der Waals surface area (Å²) in [5.74, 6) is 2.29. The Bertz CT molecular complexity index is 330. The minimum absolute atomic E-state index is 0.201. The van der Waals surface area contributed by atoms with Gasteiger partial charge in [0, 0.05) is 6.20 Å². The maximum atomic E-state index is 10.8. The molecule has 0 aromatic carbocycles. The molecule has 0 saturated heterocycles. The molecule has 1 heterocycles. The molecule has 1 aromatic heterocycles. The quantitative estimate of drug-likeness (QED) is 0.518. The van der Waals surface area contributed by atoms with E-state index in [4.69, 9.17) is 6.42 Å². The van der Waals surface area contributed by atoms with Crippen LogP contribution in [0.2, 0.25) is 0 Å². The Morgan fingerprint density at radius 3 is 2.90 bits per heavy atom. The molecule has 0 unspecified atom stereocenters. The van der Waals surface area contributed by atoms with Crippen LogP contribution in [0.5, 0.6) is 0 Å². The van der Waals surface area contributed by atoms with Gasteiger partial charge in [0.1, 0.15) is 0 Å². The third-order valence-electron chi connectivity index (χ3n) is 1.20. The van der Waals surface area contributed by atoms with E-state index >= 15 is 0 Å². The van der Waals surface area contributed by atoms with Crippen LogP contribution < -0.4 is 5.56 Å². The molecule has 1 aromatic rings. The standard InChI is InChI=1S/C8H7NO/c1-3-7-4-6(2)5-9-8(7)10/h1,4-5H,2H3,(H,9,10). The van der Waals surface area contributed by atoms with Crippen molar-refractivity contribution in [1.29, 1.82) is 0 Å². The van der Waals surface area contributed by atoms with Crippen molar-refractivity contribution in [2.75, 3.05) is 0 Å². The molecule has 0 aliphatic carbocycles. The van der Waals surface area contributed by atoms with Crippen molar-refractivity contribution in [2.45, 2.75) is 6.92 Å². The maximum absolute atomic E-state index is 10.8. The van der Waals surface area contributed by atoms with Crippen LogP contribution in [0.15, 0.2) is 17.1 Å². The van der Waals surface area contributed by atoms with Gasteiger partial charge in [-0.1, -0.05) is 5.92 Å². The van der Waals surface area contributed by atoms with Gasteiger partial charge in [-0.15, -0.1) is 6.42 Å². The minimum atomic E-state index is -0.201. The van der Waals surface area contributed by atoms with Crippen LogP contribution in [0.25, 0.3) is 0 Å². The van der Waals surface area contributed by atoms with Gasteiger partial charge in [0.05, 0.1) is 5.56 Å². The zero-order valence-corrected chi connectivity index (χ0v) is 5.64. The van der Waals surface area contributed by atoms with Crippen molar-refractivity contribution in [3.8, 4) is 12.3 Å². The summed E-state index contributed by atoms with van der Waals surface area (Å²) < 4.78 is 0. The SMILES string of the molecule is C#Cc1cc(C)c[nH]c1=O. The lowest BCUT2D eigenvalue weighted by Crippen LogP contribution is -2.08. The number of nitrogens with one attached hydrogen (secondary N) is 1. The smallest absolute Gasteiger partial charge is 0.263 e. The molecular weight excluding hydrogens is 126 g/mol. The molecule has 50 valence electrons. The molecule has 1 N–H and O–H groups in total. The van der Waals surface area contributed by atoms with Gasteiger partial charge in [0.2, 0.25) is 0 Å². The summed E-state index contributed by atoms with van der Waals surface area (Å²) >= 11 is 0. The molecule has 0 saturated carbocycles. The van der Waals surface area contributed by atoms with E-state index in [-0.39, 0.29) is 5.56 Å². The molecule has 0 amide bonds. The topological polar surface area (TPSA) is 32.9 Å². The summed E-state index contributed by atoms with van der Waals surface area (Å²) in [6.45, 7) is 1.87. The van der Waals surface area contributed by atoms with Crippen LogP contribution in [0.3, 0.4) is 0 Å². The van der Waals surface area contributed by atoms with Crippen molar-refractivity contribution in [1.82, 2.24) is 4.98 Å². The Labute approximate surface area is 58.9 Å². The van der Waals surface area contributed by atoms with Crippen molar-refractivity contribution in [2.24, 2.45) is 0 Å². The predicted octanol–water partition coefficient (Wildman–Crippen LogP) is 0.665. The van der Waals surface area contributed by atoms with Crippen molar-refractivity contribution in [3.05, 3.63) is 33.7 Å². The van der Waals surface area contributed by atoms with Crippen LogP contribution in [0, 0.1) is 19.3 Å². The van der Waals surface area contributed by atoms with E-state index in [9.17, 15) is 4.79 Å². The molecule has 2 nitrogen and oxygen atoms in total. The molecular formula is C8H7NO. The summed E-state index contributed by atoms with van der Waals surface area (Å²) in [4.78, 5) is 13.3. The van der Waals surface area contributed by atoms with Crippen LogP contribution >= 0.6 is 0 Å². The number of aryl methyl sites for hydroxylation is 1. The Hall–Kier alpha value is -1.49. The normalized spacial score (nSPS) is 8.80. The van der Waals surface area contributed by atoms with Gasteiger partial charge >= 0.3 is 0 Å². The summed E-state index contributed by atoms with van der Waals surface area (Å²) in [5.41, 5.74) is 1.15. The number of aromatic amines is 1. The lowest BCUT2D eigenvalue weighted by atomic mass is 10.2. The highest BCUT2D eigenvalue weighted by molar-refractivity contribution is 5.31. The van der Waals surface area contributed by atoms with Crippen LogP contribution in [-0.2, 0) is 0 Å². The summed E-state index contributed by atoms with van der Waals surface area (Å²) in [7, 11) is 0. The van der Waals surface area contributed by atoms with Crippen LogP contribution in [-0.4, -0.2) is 4.98 Å². The van der Waals surface area contributed by atoms with Gasteiger partial charge in [-0.05, 0) is 18.6 Å². The first-order valence-electron chi connectivity index (χ1n) is 2.90. The zero-order valence-electron chi connectivity index (χ0n) is 5.64. The third kappa shape index (κ3) is 1.08. The van der Waals surface area contributed by atoms with E-state index in [1.807, 2.05) is 6.92 Å². The number of aromatic nitrogens is 1. The van der Waals surface area contributed by atoms with Crippen molar-refractivity contribution < 1.29 is 0 Å². The van der Waals surface area contributed by atoms with Gasteiger partial charge in [0.15, 0.2) is 0 Å². The molecule has 2 heteroatoms.